The van der Waals surface area contributed by atoms with Gasteiger partial charge in [-0.3, -0.25) is 0 Å². The summed E-state index contributed by atoms with van der Waals surface area (Å²) in [5.41, 5.74) is 9.80. The van der Waals surface area contributed by atoms with Gasteiger partial charge in [0.25, 0.3) is 0 Å². The van der Waals surface area contributed by atoms with Crippen LogP contribution in [0.3, 0.4) is 0 Å². The van der Waals surface area contributed by atoms with Gasteiger partial charge in [0.15, 0.2) is 0 Å². The van der Waals surface area contributed by atoms with Crippen LogP contribution in [0.25, 0.3) is 22.3 Å². The first-order valence-electron chi connectivity index (χ1n) is 17.5. The van der Waals surface area contributed by atoms with Gasteiger partial charge in [-0.25, -0.2) is 9.59 Å². The molecule has 3 aromatic rings. The van der Waals surface area contributed by atoms with Crippen LogP contribution in [0.2, 0.25) is 0 Å². The van der Waals surface area contributed by atoms with Gasteiger partial charge in [0, 0.05) is 30.3 Å². The fraction of sp³-hybridized carbons (Fsp3) is 0.429. The third-order valence-electron chi connectivity index (χ3n) is 8.51. The van der Waals surface area contributed by atoms with Crippen LogP contribution in [0.1, 0.15) is 75.6 Å². The second-order valence-corrected chi connectivity index (χ2v) is 12.7. The highest BCUT2D eigenvalue weighted by molar-refractivity contribution is 5.87. The van der Waals surface area contributed by atoms with E-state index in [1.54, 1.807) is 13.8 Å². The number of carbonyl (C=O) groups is 2. The summed E-state index contributed by atoms with van der Waals surface area (Å²) in [7, 11) is 0. The Labute approximate surface area is 292 Å². The average Bonchev–Trinajstić information content (AvgIpc) is 3.10. The van der Waals surface area contributed by atoms with Crippen molar-refractivity contribution in [3.05, 3.63) is 101 Å². The van der Waals surface area contributed by atoms with Gasteiger partial charge in [-0.05, 0) is 115 Å². The zero-order valence-corrected chi connectivity index (χ0v) is 29.8. The molecule has 49 heavy (non-hydrogen) atoms. The fourth-order valence-corrected chi connectivity index (χ4v) is 5.60. The molecule has 7 nitrogen and oxygen atoms in total. The topological polar surface area (TPSA) is 102 Å². The molecule has 0 bridgehead atoms. The molecule has 0 aliphatic carbocycles. The second-order valence-electron chi connectivity index (χ2n) is 12.7. The SMILES string of the molecule is C=C(C)C(=O)OCCCc1cc(-c2ccc(-c3ccc(CC)cc3)cc2CCC)cc(CCCOC(=O)C(=C)C)c1OCCC(CO)CO. The molecule has 0 saturated heterocycles. The van der Waals surface area contributed by atoms with E-state index in [9.17, 15) is 19.8 Å². The van der Waals surface area contributed by atoms with Crippen LogP contribution in [0.5, 0.6) is 5.75 Å². The van der Waals surface area contributed by atoms with E-state index >= 15 is 0 Å². The molecule has 0 aromatic heterocycles. The lowest BCUT2D eigenvalue weighted by molar-refractivity contribution is -0.139. The molecular formula is C42H54O7. The van der Waals surface area contributed by atoms with Gasteiger partial charge in [0.2, 0.25) is 0 Å². The second kappa shape index (κ2) is 20.3. The smallest absolute Gasteiger partial charge is 0.333 e. The van der Waals surface area contributed by atoms with Crippen molar-refractivity contribution < 1.29 is 34.0 Å². The predicted octanol–water partition coefficient (Wildman–Crippen LogP) is 8.01. The molecule has 264 valence electrons. The monoisotopic (exact) mass is 670 g/mol. The van der Waals surface area contributed by atoms with Crippen molar-refractivity contribution in [1.82, 2.24) is 0 Å². The van der Waals surface area contributed by atoms with Crippen molar-refractivity contribution in [2.24, 2.45) is 5.92 Å². The van der Waals surface area contributed by atoms with Crippen LogP contribution < -0.4 is 4.74 Å². The van der Waals surface area contributed by atoms with Gasteiger partial charge in [-0.2, -0.15) is 0 Å². The van der Waals surface area contributed by atoms with Gasteiger partial charge >= 0.3 is 11.9 Å². The summed E-state index contributed by atoms with van der Waals surface area (Å²) >= 11 is 0. The lowest BCUT2D eigenvalue weighted by atomic mass is 9.89. The minimum atomic E-state index is -0.414. The Morgan fingerprint density at radius 2 is 1.22 bits per heavy atom. The number of aliphatic hydroxyl groups excluding tert-OH is 2. The first-order chi connectivity index (χ1) is 23.6. The van der Waals surface area contributed by atoms with Crippen molar-refractivity contribution in [1.29, 1.82) is 0 Å². The minimum Gasteiger partial charge on any atom is -0.493 e. The van der Waals surface area contributed by atoms with E-state index in [1.165, 1.54) is 22.3 Å². The highest BCUT2D eigenvalue weighted by atomic mass is 16.5. The van der Waals surface area contributed by atoms with E-state index in [0.29, 0.717) is 49.9 Å². The number of rotatable bonds is 21. The maximum absolute atomic E-state index is 12.0. The Kier molecular flexibility index (Phi) is 16.3. The van der Waals surface area contributed by atoms with E-state index in [0.717, 1.165) is 47.3 Å². The zero-order chi connectivity index (χ0) is 35.8. The van der Waals surface area contributed by atoms with Crippen molar-refractivity contribution in [3.8, 4) is 28.0 Å². The number of ether oxygens (including phenoxy) is 3. The third-order valence-corrected chi connectivity index (χ3v) is 8.51. The average molecular weight is 671 g/mol. The highest BCUT2D eigenvalue weighted by Crippen LogP contribution is 2.37. The Hall–Kier alpha value is -4.20. The zero-order valence-electron chi connectivity index (χ0n) is 29.8. The first kappa shape index (κ1) is 39.2. The molecule has 2 N–H and O–H groups in total. The lowest BCUT2D eigenvalue weighted by Gasteiger charge is -2.21. The number of aryl methyl sites for hydroxylation is 4. The van der Waals surface area contributed by atoms with Crippen molar-refractivity contribution in [2.75, 3.05) is 33.0 Å². The maximum atomic E-state index is 12.0. The van der Waals surface area contributed by atoms with Crippen molar-refractivity contribution >= 4 is 11.9 Å². The predicted molar refractivity (Wildman–Crippen MR) is 197 cm³/mol. The van der Waals surface area contributed by atoms with Crippen LogP contribution in [0.15, 0.2) is 78.9 Å². The largest absolute Gasteiger partial charge is 0.493 e. The first-order valence-corrected chi connectivity index (χ1v) is 17.5. The molecule has 0 fully saturated rings. The number of esters is 2. The molecule has 0 heterocycles. The molecule has 0 radical (unpaired) electrons. The fourth-order valence-electron chi connectivity index (χ4n) is 5.60. The van der Waals surface area contributed by atoms with E-state index in [2.05, 4.69) is 81.6 Å². The maximum Gasteiger partial charge on any atom is 0.333 e. The van der Waals surface area contributed by atoms with E-state index in [1.807, 2.05) is 0 Å². The summed E-state index contributed by atoms with van der Waals surface area (Å²) < 4.78 is 17.2. The molecule has 3 rings (SSSR count). The summed E-state index contributed by atoms with van der Waals surface area (Å²) in [4.78, 5) is 24.1. The van der Waals surface area contributed by atoms with Gasteiger partial charge in [0.1, 0.15) is 5.75 Å². The molecule has 0 aliphatic heterocycles. The Bertz CT molecular complexity index is 1490. The summed E-state index contributed by atoms with van der Waals surface area (Å²) in [6, 6.07) is 19.7. The quantitative estimate of drug-likeness (QED) is 0.0673. The Morgan fingerprint density at radius 3 is 1.71 bits per heavy atom. The molecule has 0 amide bonds. The molecule has 7 heteroatoms. The van der Waals surface area contributed by atoms with E-state index in [4.69, 9.17) is 14.2 Å². The minimum absolute atomic E-state index is 0.125. The standard InChI is InChI=1S/C42H54O7/c1-7-11-35-24-34(33-16-14-31(8-2)15-17-33)18-19-39(35)38-25-36(12-9-21-48-41(45)29(3)4)40(47-23-20-32(27-43)28-44)37(26-38)13-10-22-49-42(46)30(5)6/h14-19,24-26,32,43-44H,3,5,7-13,20-23,27-28H2,1-2,4,6H3. The van der Waals surface area contributed by atoms with Crippen LogP contribution in [-0.2, 0) is 44.7 Å². The Morgan fingerprint density at radius 1 is 0.694 bits per heavy atom. The number of benzene rings is 3. The molecule has 0 spiro atoms. The van der Waals surface area contributed by atoms with E-state index < -0.39 is 11.9 Å². The molecule has 0 atom stereocenters. The van der Waals surface area contributed by atoms with Gasteiger partial charge in [-0.15, -0.1) is 0 Å². The highest BCUT2D eigenvalue weighted by Gasteiger charge is 2.18. The molecule has 0 saturated carbocycles. The van der Waals surface area contributed by atoms with Gasteiger partial charge in [0.05, 0.1) is 19.8 Å². The molecule has 0 unspecified atom stereocenters. The number of carbonyl (C=O) groups excluding carboxylic acids is 2. The number of hydrogen-bond acceptors (Lipinski definition) is 7. The van der Waals surface area contributed by atoms with Crippen LogP contribution >= 0.6 is 0 Å². The molecular weight excluding hydrogens is 616 g/mol. The lowest BCUT2D eigenvalue weighted by Crippen LogP contribution is -2.16. The molecule has 0 aliphatic rings. The summed E-state index contributed by atoms with van der Waals surface area (Å²) in [5, 5.41) is 19.2. The summed E-state index contributed by atoms with van der Waals surface area (Å²) in [6.07, 6.45) is 5.75. The third kappa shape index (κ3) is 12.0. The molecule has 3 aromatic carbocycles. The number of aliphatic hydroxyl groups is 2. The van der Waals surface area contributed by atoms with Crippen molar-refractivity contribution in [3.63, 3.8) is 0 Å². The van der Waals surface area contributed by atoms with Gasteiger partial charge < -0.3 is 24.4 Å². The van der Waals surface area contributed by atoms with Crippen molar-refractivity contribution in [2.45, 2.75) is 79.1 Å². The number of hydrogen-bond donors (Lipinski definition) is 2. The van der Waals surface area contributed by atoms with Crippen LogP contribution in [-0.4, -0.2) is 55.2 Å². The Balaban J connectivity index is 2.06. The normalized spacial score (nSPS) is 11.0. The summed E-state index contributed by atoms with van der Waals surface area (Å²) in [6.45, 7) is 15.5. The summed E-state index contributed by atoms with van der Waals surface area (Å²) in [5.74, 6) is -0.367. The van der Waals surface area contributed by atoms with Crippen LogP contribution in [0.4, 0.5) is 0 Å². The van der Waals surface area contributed by atoms with Crippen LogP contribution in [0, 0.1) is 5.92 Å². The van der Waals surface area contributed by atoms with E-state index in [-0.39, 0.29) is 32.3 Å². The van der Waals surface area contributed by atoms with Gasteiger partial charge in [-0.1, -0.05) is 75.9 Å².